The first-order valence-electron chi connectivity index (χ1n) is 6.02. The second-order valence-electron chi connectivity index (χ2n) is 4.69. The van der Waals surface area contributed by atoms with Crippen molar-refractivity contribution in [3.05, 3.63) is 0 Å². The second kappa shape index (κ2) is 5.45. The summed E-state index contributed by atoms with van der Waals surface area (Å²) in [7, 11) is 4.30. The van der Waals surface area contributed by atoms with E-state index in [-0.39, 0.29) is 0 Å². The van der Waals surface area contributed by atoms with Crippen LogP contribution in [-0.2, 0) is 0 Å². The summed E-state index contributed by atoms with van der Waals surface area (Å²) in [5.74, 6) is 0. The minimum atomic E-state index is 0.994. The number of nitrogens with zero attached hydrogens (tertiary/aromatic N) is 6. The molecule has 2 rings (SSSR count). The van der Waals surface area contributed by atoms with Crippen molar-refractivity contribution in [2.45, 2.75) is 0 Å². The summed E-state index contributed by atoms with van der Waals surface area (Å²) < 4.78 is 0. The van der Waals surface area contributed by atoms with Gasteiger partial charge in [0.15, 0.2) is 0 Å². The molecule has 2 fully saturated rings. The summed E-state index contributed by atoms with van der Waals surface area (Å²) in [5, 5.41) is 12.7. The van der Waals surface area contributed by atoms with Gasteiger partial charge in [-0.25, -0.2) is 0 Å². The fraction of sp³-hybridized carbons (Fsp3) is 1.00. The van der Waals surface area contributed by atoms with Gasteiger partial charge in [0, 0.05) is 26.2 Å². The third-order valence-corrected chi connectivity index (χ3v) is 3.25. The fourth-order valence-corrected chi connectivity index (χ4v) is 1.88. The molecule has 0 radical (unpaired) electrons. The number of hydrogen-bond donors (Lipinski definition) is 0. The van der Waals surface area contributed by atoms with Crippen LogP contribution in [0.2, 0.25) is 0 Å². The Balaban J connectivity index is 1.72. The molecule has 0 aromatic heterocycles. The Kier molecular flexibility index (Phi) is 3.95. The zero-order valence-corrected chi connectivity index (χ0v) is 10.3. The van der Waals surface area contributed by atoms with E-state index in [9.17, 15) is 0 Å². The van der Waals surface area contributed by atoms with E-state index in [1.54, 1.807) is 0 Å². The zero-order chi connectivity index (χ0) is 11.4. The molecule has 2 heterocycles. The summed E-state index contributed by atoms with van der Waals surface area (Å²) in [6.07, 6.45) is 0. The highest BCUT2D eigenvalue weighted by Crippen LogP contribution is 2.03. The molecular formula is C10H22N6. The molecule has 0 aromatic rings. The van der Waals surface area contributed by atoms with Gasteiger partial charge in [0.1, 0.15) is 0 Å². The maximum Gasteiger partial charge on any atom is 0.0505 e. The minimum absolute atomic E-state index is 0.994. The van der Waals surface area contributed by atoms with Crippen molar-refractivity contribution in [1.82, 2.24) is 19.8 Å². The number of rotatable bonds is 2. The average Bonchev–Trinajstić information content (AvgIpc) is 2.30. The molecule has 6 nitrogen and oxygen atoms in total. The van der Waals surface area contributed by atoms with Crippen LogP contribution in [0.3, 0.4) is 0 Å². The summed E-state index contributed by atoms with van der Waals surface area (Å²) in [5.41, 5.74) is 0. The van der Waals surface area contributed by atoms with E-state index < -0.39 is 0 Å². The van der Waals surface area contributed by atoms with Crippen LogP contribution in [-0.4, -0.2) is 86.3 Å². The van der Waals surface area contributed by atoms with Crippen molar-refractivity contribution in [2.75, 3.05) is 66.5 Å². The molecule has 16 heavy (non-hydrogen) atoms. The Morgan fingerprint density at radius 2 is 0.875 bits per heavy atom. The van der Waals surface area contributed by atoms with E-state index in [1.807, 2.05) is 0 Å². The maximum atomic E-state index is 4.31. The largest absolute Gasteiger partial charge is 0.303 e. The first-order valence-corrected chi connectivity index (χ1v) is 6.02. The van der Waals surface area contributed by atoms with Crippen LogP contribution in [0, 0.1) is 0 Å². The van der Waals surface area contributed by atoms with Gasteiger partial charge < -0.3 is 9.80 Å². The molecule has 92 valence electrons. The molecule has 0 saturated carbocycles. The molecule has 2 aliphatic rings. The van der Waals surface area contributed by atoms with Crippen LogP contribution in [0.15, 0.2) is 10.4 Å². The predicted molar refractivity (Wildman–Crippen MR) is 63.0 cm³/mol. The van der Waals surface area contributed by atoms with Crippen LogP contribution in [0.5, 0.6) is 0 Å². The summed E-state index contributed by atoms with van der Waals surface area (Å²) >= 11 is 0. The SMILES string of the molecule is CN1CCN(N=NN2CCN(C)CC2)CC1. The highest BCUT2D eigenvalue weighted by molar-refractivity contribution is 4.67. The van der Waals surface area contributed by atoms with Crippen molar-refractivity contribution in [3.63, 3.8) is 0 Å². The third-order valence-electron chi connectivity index (χ3n) is 3.25. The smallest absolute Gasteiger partial charge is 0.0505 e. The minimum Gasteiger partial charge on any atom is -0.303 e. The van der Waals surface area contributed by atoms with Gasteiger partial charge in [-0.15, -0.1) is 0 Å². The van der Waals surface area contributed by atoms with Gasteiger partial charge in [-0.1, -0.05) is 10.4 Å². The first kappa shape index (κ1) is 11.6. The monoisotopic (exact) mass is 226 g/mol. The van der Waals surface area contributed by atoms with Crippen LogP contribution in [0.25, 0.3) is 0 Å². The lowest BCUT2D eigenvalue weighted by atomic mass is 10.4. The van der Waals surface area contributed by atoms with Crippen LogP contribution >= 0.6 is 0 Å². The molecule has 0 bridgehead atoms. The lowest BCUT2D eigenvalue weighted by Crippen LogP contribution is -2.43. The molecular weight excluding hydrogens is 204 g/mol. The molecule has 2 saturated heterocycles. The second-order valence-corrected chi connectivity index (χ2v) is 4.69. The van der Waals surface area contributed by atoms with Gasteiger partial charge in [-0.2, -0.15) is 0 Å². The Morgan fingerprint density at radius 3 is 1.19 bits per heavy atom. The lowest BCUT2D eigenvalue weighted by molar-refractivity contribution is 0.107. The number of likely N-dealkylation sites (N-methyl/N-ethyl adjacent to an activating group) is 2. The molecule has 0 aliphatic carbocycles. The fourth-order valence-electron chi connectivity index (χ4n) is 1.88. The normalized spacial score (nSPS) is 25.6. The van der Waals surface area contributed by atoms with Crippen LogP contribution in [0.4, 0.5) is 0 Å². The van der Waals surface area contributed by atoms with Gasteiger partial charge in [-0.3, -0.25) is 10.0 Å². The number of hydrogen-bond acceptors (Lipinski definition) is 4. The van der Waals surface area contributed by atoms with Crippen molar-refractivity contribution in [3.8, 4) is 0 Å². The number of piperazine rings is 2. The van der Waals surface area contributed by atoms with E-state index in [0.717, 1.165) is 52.4 Å². The summed E-state index contributed by atoms with van der Waals surface area (Å²) in [6.45, 7) is 8.32. The molecule has 0 amide bonds. The van der Waals surface area contributed by atoms with Gasteiger partial charge in [0.25, 0.3) is 0 Å². The van der Waals surface area contributed by atoms with Gasteiger partial charge in [0.05, 0.1) is 26.2 Å². The Hall–Kier alpha value is -0.880. The van der Waals surface area contributed by atoms with E-state index in [2.05, 4.69) is 44.4 Å². The Morgan fingerprint density at radius 1 is 0.562 bits per heavy atom. The molecule has 6 heteroatoms. The lowest BCUT2D eigenvalue weighted by Gasteiger charge is -2.31. The van der Waals surface area contributed by atoms with Crippen LogP contribution < -0.4 is 0 Å². The van der Waals surface area contributed by atoms with Crippen molar-refractivity contribution >= 4 is 0 Å². The quantitative estimate of drug-likeness (QED) is 0.609. The molecule has 2 aliphatic heterocycles. The summed E-state index contributed by atoms with van der Waals surface area (Å²) in [4.78, 5) is 4.64. The Labute approximate surface area is 97.4 Å². The molecule has 0 atom stereocenters. The molecule has 0 N–H and O–H groups in total. The van der Waals surface area contributed by atoms with E-state index in [0.29, 0.717) is 0 Å². The molecule has 0 spiro atoms. The molecule has 0 aromatic carbocycles. The molecule has 0 unspecified atom stereocenters. The highest BCUT2D eigenvalue weighted by atomic mass is 15.7. The van der Waals surface area contributed by atoms with Crippen molar-refractivity contribution in [1.29, 1.82) is 0 Å². The van der Waals surface area contributed by atoms with Gasteiger partial charge >= 0.3 is 0 Å². The van der Waals surface area contributed by atoms with E-state index in [4.69, 9.17) is 0 Å². The standard InChI is InChI=1S/C10H22N6/c1-13-3-7-15(8-4-13)11-12-16-9-5-14(2)6-10-16/h3-10H2,1-2H3. The summed E-state index contributed by atoms with van der Waals surface area (Å²) in [6, 6.07) is 0. The zero-order valence-electron chi connectivity index (χ0n) is 10.3. The average molecular weight is 226 g/mol. The van der Waals surface area contributed by atoms with Crippen LogP contribution in [0.1, 0.15) is 0 Å². The maximum absolute atomic E-state index is 4.31. The topological polar surface area (TPSA) is 37.7 Å². The Bertz CT molecular complexity index is 203. The third kappa shape index (κ3) is 3.31. The first-order chi connectivity index (χ1) is 7.74. The predicted octanol–water partition coefficient (Wildman–Crippen LogP) is -0.237. The van der Waals surface area contributed by atoms with E-state index >= 15 is 0 Å². The van der Waals surface area contributed by atoms with Crippen molar-refractivity contribution < 1.29 is 0 Å². The van der Waals surface area contributed by atoms with Gasteiger partial charge in [0.2, 0.25) is 0 Å². The van der Waals surface area contributed by atoms with E-state index in [1.165, 1.54) is 0 Å². The van der Waals surface area contributed by atoms with Gasteiger partial charge in [-0.05, 0) is 14.1 Å². The highest BCUT2D eigenvalue weighted by Gasteiger charge is 2.14. The van der Waals surface area contributed by atoms with Crippen molar-refractivity contribution in [2.24, 2.45) is 10.4 Å².